The molecule has 0 aliphatic rings. The van der Waals surface area contributed by atoms with Crippen LogP contribution < -0.4 is 0 Å². The molecule has 0 saturated carbocycles. The van der Waals surface area contributed by atoms with E-state index >= 15 is 0 Å². The van der Waals surface area contributed by atoms with E-state index in [-0.39, 0.29) is 0 Å². The van der Waals surface area contributed by atoms with Gasteiger partial charge in [-0.1, -0.05) is 13.8 Å². The van der Waals surface area contributed by atoms with Crippen LogP contribution in [0.1, 0.15) is 18.9 Å². The molecule has 0 bridgehead atoms. The predicted molar refractivity (Wildman–Crippen MR) is 76.1 cm³/mol. The van der Waals surface area contributed by atoms with E-state index in [1.807, 2.05) is 17.8 Å². The molecule has 0 fully saturated rings. The lowest BCUT2D eigenvalue weighted by Gasteiger charge is -2.15. The highest BCUT2D eigenvalue weighted by Gasteiger charge is 2.11. The standard InChI is InChI=1S/C11H17N5S2/c1-4-16(5-2)7-9-12-6-8(18-9)10-13-14-11(17)15(10)3/h6H,4-5,7H2,1-3H3,(H,14,17). The molecule has 0 amide bonds. The van der Waals surface area contributed by atoms with Gasteiger partial charge in [0.15, 0.2) is 10.6 Å². The van der Waals surface area contributed by atoms with Gasteiger partial charge in [0.2, 0.25) is 0 Å². The van der Waals surface area contributed by atoms with Crippen molar-refractivity contribution in [3.8, 4) is 10.7 Å². The molecule has 2 rings (SSSR count). The number of aromatic nitrogens is 4. The molecule has 5 nitrogen and oxygen atoms in total. The Labute approximate surface area is 115 Å². The molecule has 0 spiro atoms. The van der Waals surface area contributed by atoms with Gasteiger partial charge in [0, 0.05) is 13.2 Å². The second-order valence-corrected chi connectivity index (χ2v) is 5.49. The lowest BCUT2D eigenvalue weighted by atomic mass is 10.5. The molecule has 2 aromatic rings. The minimum absolute atomic E-state index is 0.628. The zero-order chi connectivity index (χ0) is 13.1. The minimum atomic E-state index is 0.628. The zero-order valence-electron chi connectivity index (χ0n) is 10.8. The normalized spacial score (nSPS) is 11.3. The summed E-state index contributed by atoms with van der Waals surface area (Å²) in [7, 11) is 1.91. The van der Waals surface area contributed by atoms with Gasteiger partial charge in [-0.15, -0.1) is 11.3 Å². The Morgan fingerprint density at radius 2 is 2.17 bits per heavy atom. The molecule has 18 heavy (non-hydrogen) atoms. The first-order valence-electron chi connectivity index (χ1n) is 5.94. The lowest BCUT2D eigenvalue weighted by Crippen LogP contribution is -2.21. The first kappa shape index (κ1) is 13.4. The van der Waals surface area contributed by atoms with E-state index in [2.05, 4.69) is 33.9 Å². The van der Waals surface area contributed by atoms with Gasteiger partial charge in [-0.05, 0) is 25.3 Å². The fourth-order valence-electron chi connectivity index (χ4n) is 1.69. The average Bonchev–Trinajstić information content (AvgIpc) is 2.95. The Morgan fingerprint density at radius 3 is 2.72 bits per heavy atom. The van der Waals surface area contributed by atoms with E-state index in [1.165, 1.54) is 0 Å². The van der Waals surface area contributed by atoms with Gasteiger partial charge in [0.05, 0.1) is 11.4 Å². The maximum absolute atomic E-state index is 5.11. The highest BCUT2D eigenvalue weighted by molar-refractivity contribution is 7.71. The van der Waals surface area contributed by atoms with Crippen molar-refractivity contribution in [2.75, 3.05) is 13.1 Å². The van der Waals surface area contributed by atoms with E-state index < -0.39 is 0 Å². The van der Waals surface area contributed by atoms with Gasteiger partial charge in [0.1, 0.15) is 5.01 Å². The Morgan fingerprint density at radius 1 is 1.44 bits per heavy atom. The smallest absolute Gasteiger partial charge is 0.195 e. The molecule has 0 unspecified atom stereocenters. The molecule has 7 heteroatoms. The lowest BCUT2D eigenvalue weighted by molar-refractivity contribution is 0.295. The summed E-state index contributed by atoms with van der Waals surface area (Å²) in [5.74, 6) is 0.850. The second kappa shape index (κ2) is 5.73. The van der Waals surface area contributed by atoms with Crippen LogP contribution in [-0.2, 0) is 13.6 Å². The first-order chi connectivity index (χ1) is 8.65. The van der Waals surface area contributed by atoms with Crippen LogP contribution in [-0.4, -0.2) is 37.7 Å². The zero-order valence-corrected chi connectivity index (χ0v) is 12.4. The number of nitrogens with zero attached hydrogens (tertiary/aromatic N) is 4. The summed E-state index contributed by atoms with van der Waals surface area (Å²) in [6.45, 7) is 7.30. The van der Waals surface area contributed by atoms with Crippen molar-refractivity contribution in [3.63, 3.8) is 0 Å². The van der Waals surface area contributed by atoms with Gasteiger partial charge < -0.3 is 4.57 Å². The van der Waals surface area contributed by atoms with Crippen molar-refractivity contribution < 1.29 is 0 Å². The van der Waals surface area contributed by atoms with Crippen LogP contribution in [0.5, 0.6) is 0 Å². The van der Waals surface area contributed by atoms with Gasteiger partial charge >= 0.3 is 0 Å². The van der Waals surface area contributed by atoms with Crippen LogP contribution in [0.3, 0.4) is 0 Å². The van der Waals surface area contributed by atoms with Crippen LogP contribution in [0.4, 0.5) is 0 Å². The summed E-state index contributed by atoms with van der Waals surface area (Å²) < 4.78 is 2.49. The second-order valence-electron chi connectivity index (χ2n) is 3.99. The summed E-state index contributed by atoms with van der Waals surface area (Å²) in [6, 6.07) is 0. The number of hydrogen-bond donors (Lipinski definition) is 1. The van der Waals surface area contributed by atoms with Crippen molar-refractivity contribution in [1.29, 1.82) is 0 Å². The summed E-state index contributed by atoms with van der Waals surface area (Å²) in [4.78, 5) is 7.84. The summed E-state index contributed by atoms with van der Waals surface area (Å²) in [6.07, 6.45) is 1.87. The van der Waals surface area contributed by atoms with Crippen LogP contribution in [0.2, 0.25) is 0 Å². The van der Waals surface area contributed by atoms with Gasteiger partial charge in [-0.3, -0.25) is 10.00 Å². The molecule has 0 radical (unpaired) electrons. The van der Waals surface area contributed by atoms with Crippen LogP contribution in [0, 0.1) is 4.77 Å². The molecule has 0 aliphatic carbocycles. The van der Waals surface area contributed by atoms with E-state index in [0.717, 1.165) is 35.3 Å². The number of thiazole rings is 1. The van der Waals surface area contributed by atoms with Crippen LogP contribution in [0.25, 0.3) is 10.7 Å². The summed E-state index contributed by atoms with van der Waals surface area (Å²) in [5, 5.41) is 8.13. The van der Waals surface area contributed by atoms with Gasteiger partial charge in [-0.2, -0.15) is 5.10 Å². The van der Waals surface area contributed by atoms with Crippen molar-refractivity contribution in [2.24, 2.45) is 7.05 Å². The number of hydrogen-bond acceptors (Lipinski definition) is 5. The number of nitrogens with one attached hydrogen (secondary N) is 1. The van der Waals surface area contributed by atoms with E-state index in [1.54, 1.807) is 11.3 Å². The number of rotatable bonds is 5. The molecule has 2 aromatic heterocycles. The molecule has 0 aliphatic heterocycles. The van der Waals surface area contributed by atoms with Crippen molar-refractivity contribution >= 4 is 23.6 Å². The maximum Gasteiger partial charge on any atom is 0.195 e. The molecular weight excluding hydrogens is 266 g/mol. The fraction of sp³-hybridized carbons (Fsp3) is 0.545. The van der Waals surface area contributed by atoms with Gasteiger partial charge in [0.25, 0.3) is 0 Å². The minimum Gasteiger partial charge on any atom is -0.303 e. The summed E-state index contributed by atoms with van der Waals surface area (Å²) in [5.41, 5.74) is 0. The average molecular weight is 283 g/mol. The van der Waals surface area contributed by atoms with Crippen molar-refractivity contribution in [1.82, 2.24) is 24.6 Å². The summed E-state index contributed by atoms with van der Waals surface area (Å²) >= 11 is 6.78. The van der Waals surface area contributed by atoms with Crippen LogP contribution >= 0.6 is 23.6 Å². The topological polar surface area (TPSA) is 49.7 Å². The molecule has 0 aromatic carbocycles. The number of H-pyrrole nitrogens is 1. The molecule has 2 heterocycles. The SMILES string of the molecule is CCN(CC)Cc1ncc(-c2n[nH]c(=S)n2C)s1. The third-order valence-electron chi connectivity index (χ3n) is 2.91. The van der Waals surface area contributed by atoms with E-state index in [0.29, 0.717) is 4.77 Å². The predicted octanol–water partition coefficient (Wildman–Crippen LogP) is 2.44. The fourth-order valence-corrected chi connectivity index (χ4v) is 2.81. The van der Waals surface area contributed by atoms with Crippen LogP contribution in [0.15, 0.2) is 6.20 Å². The Kier molecular flexibility index (Phi) is 4.26. The van der Waals surface area contributed by atoms with E-state index in [9.17, 15) is 0 Å². The highest BCUT2D eigenvalue weighted by atomic mass is 32.1. The molecule has 98 valence electrons. The largest absolute Gasteiger partial charge is 0.303 e. The third-order valence-corrected chi connectivity index (χ3v) is 4.25. The monoisotopic (exact) mass is 283 g/mol. The Balaban J connectivity index is 2.20. The van der Waals surface area contributed by atoms with Gasteiger partial charge in [-0.25, -0.2) is 4.98 Å². The van der Waals surface area contributed by atoms with E-state index in [4.69, 9.17) is 12.2 Å². The van der Waals surface area contributed by atoms with Crippen molar-refractivity contribution in [3.05, 3.63) is 16.0 Å². The Bertz CT molecular complexity index is 564. The molecule has 1 N–H and O–H groups in total. The number of aromatic amines is 1. The maximum atomic E-state index is 5.11. The quantitative estimate of drug-likeness (QED) is 0.856. The molecule has 0 atom stereocenters. The Hall–Kier alpha value is -1.05. The molecule has 0 saturated heterocycles. The molecular formula is C11H17N5S2. The first-order valence-corrected chi connectivity index (χ1v) is 7.17. The third kappa shape index (κ3) is 2.68. The highest BCUT2D eigenvalue weighted by Crippen LogP contribution is 2.24. The van der Waals surface area contributed by atoms with Crippen molar-refractivity contribution in [2.45, 2.75) is 20.4 Å².